The maximum Gasteiger partial charge on any atom is 0.326 e. The minimum absolute atomic E-state index is 0.148. The molecule has 7 heteroatoms. The highest BCUT2D eigenvalue weighted by atomic mass is 16.4. The summed E-state index contributed by atoms with van der Waals surface area (Å²) in [6.45, 7) is 7.28. The molecule has 0 spiro atoms. The summed E-state index contributed by atoms with van der Waals surface area (Å²) in [7, 11) is 0. The lowest BCUT2D eigenvalue weighted by Gasteiger charge is -2.24. The van der Waals surface area contributed by atoms with Gasteiger partial charge in [0.2, 0.25) is 5.91 Å². The second-order valence-corrected chi connectivity index (χ2v) is 6.72. The smallest absolute Gasteiger partial charge is 0.326 e. The lowest BCUT2D eigenvalue weighted by Crippen LogP contribution is -2.54. The fourth-order valence-corrected chi connectivity index (χ4v) is 2.32. The Balaban J connectivity index is 2.76. The minimum Gasteiger partial charge on any atom is -0.480 e. The van der Waals surface area contributed by atoms with Gasteiger partial charge in [0.05, 0.1) is 0 Å². The van der Waals surface area contributed by atoms with Gasteiger partial charge in [-0.3, -0.25) is 4.79 Å². The third kappa shape index (κ3) is 7.24. The Kier molecular flexibility index (Phi) is 7.91. The summed E-state index contributed by atoms with van der Waals surface area (Å²) in [5.41, 5.74) is 0.606. The summed E-state index contributed by atoms with van der Waals surface area (Å²) in [4.78, 5) is 35.9. The van der Waals surface area contributed by atoms with E-state index in [2.05, 4.69) is 16.0 Å². The first-order chi connectivity index (χ1) is 11.7. The Morgan fingerprint density at radius 2 is 1.60 bits per heavy atom. The van der Waals surface area contributed by atoms with E-state index in [1.807, 2.05) is 19.9 Å². The van der Waals surface area contributed by atoms with E-state index in [1.54, 1.807) is 38.1 Å². The lowest BCUT2D eigenvalue weighted by atomic mass is 10.0. The molecule has 25 heavy (non-hydrogen) atoms. The number of aliphatic carboxylic acids is 1. The molecule has 0 aliphatic carbocycles. The van der Waals surface area contributed by atoms with Crippen molar-refractivity contribution in [1.29, 1.82) is 0 Å². The molecule has 138 valence electrons. The van der Waals surface area contributed by atoms with Crippen LogP contribution in [-0.2, 0) is 9.59 Å². The zero-order valence-corrected chi connectivity index (χ0v) is 15.1. The van der Waals surface area contributed by atoms with Crippen molar-refractivity contribution in [3.63, 3.8) is 0 Å². The Morgan fingerprint density at radius 3 is 2.08 bits per heavy atom. The first-order valence-electron chi connectivity index (χ1n) is 8.36. The van der Waals surface area contributed by atoms with Gasteiger partial charge in [-0.25, -0.2) is 9.59 Å². The topological polar surface area (TPSA) is 108 Å². The number of para-hydroxylation sites is 1. The molecule has 0 aromatic heterocycles. The second-order valence-electron chi connectivity index (χ2n) is 6.72. The number of benzene rings is 1. The fourth-order valence-electron chi connectivity index (χ4n) is 2.32. The van der Waals surface area contributed by atoms with Crippen molar-refractivity contribution >= 4 is 23.6 Å². The van der Waals surface area contributed by atoms with E-state index in [-0.39, 0.29) is 11.8 Å². The highest BCUT2D eigenvalue weighted by Gasteiger charge is 2.28. The molecule has 1 aromatic carbocycles. The van der Waals surface area contributed by atoms with Crippen LogP contribution in [0.1, 0.15) is 34.1 Å². The third-order valence-electron chi connectivity index (χ3n) is 3.59. The molecule has 0 unspecified atom stereocenters. The number of urea groups is 1. The molecule has 0 aliphatic heterocycles. The molecule has 0 saturated carbocycles. The van der Waals surface area contributed by atoms with Crippen LogP contribution in [0, 0.1) is 11.8 Å². The molecule has 3 amide bonds. The standard InChI is InChI=1S/C18H27N3O4/c1-11(2)10-14(16(22)21-15(12(3)4)17(23)24)20-18(25)19-13-8-6-5-7-9-13/h5-9,11-12,14-15H,10H2,1-4H3,(H,21,22)(H,23,24)(H2,19,20,25)/t14-,15-/m0/s1. The first kappa shape index (κ1) is 20.5. The van der Waals surface area contributed by atoms with Gasteiger partial charge in [0.15, 0.2) is 0 Å². The number of carbonyl (C=O) groups is 3. The molecule has 0 bridgehead atoms. The molecule has 0 aliphatic rings. The molecule has 0 heterocycles. The molecular formula is C18H27N3O4. The zero-order valence-electron chi connectivity index (χ0n) is 15.1. The van der Waals surface area contributed by atoms with E-state index in [0.29, 0.717) is 12.1 Å². The van der Waals surface area contributed by atoms with Crippen molar-refractivity contribution in [1.82, 2.24) is 10.6 Å². The van der Waals surface area contributed by atoms with Crippen LogP contribution in [-0.4, -0.2) is 35.1 Å². The number of carbonyl (C=O) groups excluding carboxylic acids is 2. The maximum atomic E-state index is 12.5. The summed E-state index contributed by atoms with van der Waals surface area (Å²) in [6, 6.07) is 6.54. The van der Waals surface area contributed by atoms with Gasteiger partial charge in [0, 0.05) is 5.69 Å². The van der Waals surface area contributed by atoms with Crippen molar-refractivity contribution in [2.45, 2.75) is 46.2 Å². The Hall–Kier alpha value is -2.57. The molecule has 0 saturated heterocycles. The fraction of sp³-hybridized carbons (Fsp3) is 0.500. The Labute approximate surface area is 148 Å². The SMILES string of the molecule is CC(C)C[C@H](NC(=O)Nc1ccccc1)C(=O)N[C@H](C(=O)O)C(C)C. The van der Waals surface area contributed by atoms with Crippen molar-refractivity contribution in [3.05, 3.63) is 30.3 Å². The van der Waals surface area contributed by atoms with Crippen LogP contribution in [0.3, 0.4) is 0 Å². The van der Waals surface area contributed by atoms with Crippen LogP contribution >= 0.6 is 0 Å². The largest absolute Gasteiger partial charge is 0.480 e. The van der Waals surface area contributed by atoms with Crippen molar-refractivity contribution in [3.8, 4) is 0 Å². The number of hydrogen-bond acceptors (Lipinski definition) is 3. The molecule has 4 N–H and O–H groups in total. The molecule has 0 radical (unpaired) electrons. The highest BCUT2D eigenvalue weighted by molar-refractivity contribution is 5.94. The minimum atomic E-state index is -1.10. The van der Waals surface area contributed by atoms with E-state index in [9.17, 15) is 19.5 Å². The van der Waals surface area contributed by atoms with Gasteiger partial charge in [-0.1, -0.05) is 45.9 Å². The van der Waals surface area contributed by atoms with E-state index in [4.69, 9.17) is 0 Å². The normalized spacial score (nSPS) is 13.2. The second kappa shape index (κ2) is 9.66. The number of carboxylic acid groups (broad SMARTS) is 1. The number of carboxylic acids is 1. The molecular weight excluding hydrogens is 322 g/mol. The monoisotopic (exact) mass is 349 g/mol. The van der Waals surface area contributed by atoms with E-state index >= 15 is 0 Å². The predicted molar refractivity (Wildman–Crippen MR) is 96.2 cm³/mol. The summed E-state index contributed by atoms with van der Waals surface area (Å²) in [5, 5.41) is 17.0. The molecule has 7 nitrogen and oxygen atoms in total. The molecule has 0 fully saturated rings. The van der Waals surface area contributed by atoms with Gasteiger partial charge in [-0.2, -0.15) is 0 Å². The predicted octanol–water partition coefficient (Wildman–Crippen LogP) is 2.45. The van der Waals surface area contributed by atoms with Gasteiger partial charge in [0.25, 0.3) is 0 Å². The van der Waals surface area contributed by atoms with Crippen molar-refractivity contribution in [2.24, 2.45) is 11.8 Å². The molecule has 1 rings (SSSR count). The first-order valence-corrected chi connectivity index (χ1v) is 8.36. The Bertz CT molecular complexity index is 587. The van der Waals surface area contributed by atoms with Crippen LogP contribution in [0.4, 0.5) is 10.5 Å². The van der Waals surface area contributed by atoms with Crippen molar-refractivity contribution in [2.75, 3.05) is 5.32 Å². The average Bonchev–Trinajstić information content (AvgIpc) is 2.51. The Morgan fingerprint density at radius 1 is 1.00 bits per heavy atom. The van der Waals surface area contributed by atoms with Gasteiger partial charge in [-0.15, -0.1) is 0 Å². The van der Waals surface area contributed by atoms with Crippen LogP contribution in [0.5, 0.6) is 0 Å². The number of amides is 3. The quantitative estimate of drug-likeness (QED) is 0.578. The van der Waals surface area contributed by atoms with Crippen LogP contribution in [0.2, 0.25) is 0 Å². The van der Waals surface area contributed by atoms with E-state index < -0.39 is 30.0 Å². The van der Waals surface area contributed by atoms with Gasteiger partial charge in [0.1, 0.15) is 12.1 Å². The molecule has 2 atom stereocenters. The van der Waals surface area contributed by atoms with E-state index in [1.165, 1.54) is 0 Å². The van der Waals surface area contributed by atoms with Gasteiger partial charge >= 0.3 is 12.0 Å². The van der Waals surface area contributed by atoms with Crippen LogP contribution in [0.25, 0.3) is 0 Å². The molecule has 1 aromatic rings. The van der Waals surface area contributed by atoms with Crippen LogP contribution in [0.15, 0.2) is 30.3 Å². The number of nitrogens with one attached hydrogen (secondary N) is 3. The summed E-state index contributed by atoms with van der Waals surface area (Å²) in [5.74, 6) is -1.72. The average molecular weight is 349 g/mol. The van der Waals surface area contributed by atoms with E-state index in [0.717, 1.165) is 0 Å². The van der Waals surface area contributed by atoms with Gasteiger partial charge in [-0.05, 0) is 30.4 Å². The zero-order chi connectivity index (χ0) is 19.0. The third-order valence-corrected chi connectivity index (χ3v) is 3.59. The number of anilines is 1. The highest BCUT2D eigenvalue weighted by Crippen LogP contribution is 2.09. The van der Waals surface area contributed by atoms with Crippen molar-refractivity contribution < 1.29 is 19.5 Å². The van der Waals surface area contributed by atoms with Crippen LogP contribution < -0.4 is 16.0 Å². The summed E-state index contributed by atoms with van der Waals surface area (Å²) >= 11 is 0. The summed E-state index contributed by atoms with van der Waals surface area (Å²) in [6.07, 6.45) is 0.401. The summed E-state index contributed by atoms with van der Waals surface area (Å²) < 4.78 is 0. The maximum absolute atomic E-state index is 12.5. The number of hydrogen-bond donors (Lipinski definition) is 4. The number of rotatable bonds is 8. The van der Waals surface area contributed by atoms with Gasteiger partial charge < -0.3 is 21.1 Å². The lowest BCUT2D eigenvalue weighted by molar-refractivity contribution is -0.143.